The molecule has 1 atom stereocenters. The minimum atomic E-state index is -0.793. The normalized spacial score (nSPS) is 16.3. The first-order chi connectivity index (χ1) is 5.14. The van der Waals surface area contributed by atoms with Crippen molar-refractivity contribution in [1.82, 2.24) is 4.57 Å². The van der Waals surface area contributed by atoms with Gasteiger partial charge in [-0.3, -0.25) is 0 Å². The van der Waals surface area contributed by atoms with E-state index in [0.717, 1.165) is 0 Å². The Morgan fingerprint density at radius 1 is 1.45 bits per heavy atom. The predicted octanol–water partition coefficient (Wildman–Crippen LogP) is 0.198. The molecule has 0 aliphatic heterocycles. The Kier molecular flexibility index (Phi) is 2.31. The fourth-order valence-electron chi connectivity index (χ4n) is 0.933. The summed E-state index contributed by atoms with van der Waals surface area (Å²) in [4.78, 5) is 0. The lowest BCUT2D eigenvalue weighted by Gasteiger charge is -2.21. The SMILES string of the molecule is CC(O)(CN)Cn1cccc1. The molecular weight excluding hydrogens is 140 g/mol. The summed E-state index contributed by atoms with van der Waals surface area (Å²) in [7, 11) is 0. The van der Waals surface area contributed by atoms with Gasteiger partial charge in [0.15, 0.2) is 0 Å². The van der Waals surface area contributed by atoms with Gasteiger partial charge in [0.2, 0.25) is 0 Å². The number of aliphatic hydroxyl groups is 1. The maximum atomic E-state index is 9.55. The number of aromatic nitrogens is 1. The van der Waals surface area contributed by atoms with Crippen LogP contribution >= 0.6 is 0 Å². The summed E-state index contributed by atoms with van der Waals surface area (Å²) in [5.41, 5.74) is 4.57. The Hall–Kier alpha value is -0.800. The molecule has 0 aromatic carbocycles. The molecule has 3 N–H and O–H groups in total. The van der Waals surface area contributed by atoms with Crippen LogP contribution in [0.3, 0.4) is 0 Å². The molecule has 0 aliphatic rings. The van der Waals surface area contributed by atoms with Crippen molar-refractivity contribution in [2.45, 2.75) is 19.1 Å². The van der Waals surface area contributed by atoms with Gasteiger partial charge in [-0.05, 0) is 19.1 Å². The Morgan fingerprint density at radius 2 is 2.00 bits per heavy atom. The minimum absolute atomic E-state index is 0.283. The van der Waals surface area contributed by atoms with E-state index < -0.39 is 5.60 Å². The van der Waals surface area contributed by atoms with Gasteiger partial charge in [-0.1, -0.05) is 0 Å². The van der Waals surface area contributed by atoms with Crippen LogP contribution in [-0.4, -0.2) is 21.8 Å². The second-order valence-corrected chi connectivity index (χ2v) is 3.06. The third-order valence-corrected chi connectivity index (χ3v) is 1.63. The molecule has 0 saturated heterocycles. The highest BCUT2D eigenvalue weighted by molar-refractivity contribution is 4.92. The standard InChI is InChI=1S/C8H14N2O/c1-8(11,6-9)7-10-4-2-3-5-10/h2-5,11H,6-7,9H2,1H3. The summed E-state index contributed by atoms with van der Waals surface area (Å²) in [6.45, 7) is 2.56. The van der Waals surface area contributed by atoms with Gasteiger partial charge >= 0.3 is 0 Å². The highest BCUT2D eigenvalue weighted by atomic mass is 16.3. The van der Waals surface area contributed by atoms with Crippen molar-refractivity contribution >= 4 is 0 Å². The smallest absolute Gasteiger partial charge is 0.0919 e. The van der Waals surface area contributed by atoms with Crippen LogP contribution in [0.5, 0.6) is 0 Å². The highest BCUT2D eigenvalue weighted by Gasteiger charge is 2.17. The lowest BCUT2D eigenvalue weighted by Crippen LogP contribution is -2.38. The van der Waals surface area contributed by atoms with E-state index in [1.54, 1.807) is 6.92 Å². The number of hydrogen-bond acceptors (Lipinski definition) is 2. The average molecular weight is 154 g/mol. The Balaban J connectivity index is 2.56. The Bertz CT molecular complexity index is 204. The third kappa shape index (κ3) is 2.37. The van der Waals surface area contributed by atoms with E-state index in [1.807, 2.05) is 29.1 Å². The van der Waals surface area contributed by atoms with Crippen LogP contribution in [0.2, 0.25) is 0 Å². The molecule has 0 fully saturated rings. The molecule has 62 valence electrons. The molecule has 1 heterocycles. The van der Waals surface area contributed by atoms with Gasteiger partial charge in [-0.25, -0.2) is 0 Å². The molecule has 1 rings (SSSR count). The predicted molar refractivity (Wildman–Crippen MR) is 44.1 cm³/mol. The average Bonchev–Trinajstić information content (AvgIpc) is 2.39. The summed E-state index contributed by atoms with van der Waals surface area (Å²) >= 11 is 0. The molecule has 1 aromatic rings. The molecule has 3 nitrogen and oxygen atoms in total. The topological polar surface area (TPSA) is 51.2 Å². The van der Waals surface area contributed by atoms with Crippen molar-refractivity contribution < 1.29 is 5.11 Å². The molecular formula is C8H14N2O. The second kappa shape index (κ2) is 3.07. The zero-order chi connectivity index (χ0) is 8.32. The van der Waals surface area contributed by atoms with Gasteiger partial charge in [0.05, 0.1) is 12.1 Å². The van der Waals surface area contributed by atoms with E-state index in [0.29, 0.717) is 6.54 Å². The van der Waals surface area contributed by atoms with E-state index in [4.69, 9.17) is 5.73 Å². The zero-order valence-corrected chi connectivity index (χ0v) is 6.70. The fraction of sp³-hybridized carbons (Fsp3) is 0.500. The van der Waals surface area contributed by atoms with E-state index in [-0.39, 0.29) is 6.54 Å². The molecule has 0 aliphatic carbocycles. The van der Waals surface area contributed by atoms with Gasteiger partial charge in [0.1, 0.15) is 0 Å². The largest absolute Gasteiger partial charge is 0.387 e. The van der Waals surface area contributed by atoms with E-state index in [9.17, 15) is 5.11 Å². The molecule has 0 bridgehead atoms. The minimum Gasteiger partial charge on any atom is -0.387 e. The van der Waals surface area contributed by atoms with Crippen molar-refractivity contribution in [1.29, 1.82) is 0 Å². The van der Waals surface area contributed by atoms with E-state index in [2.05, 4.69) is 0 Å². The number of nitrogens with two attached hydrogens (primary N) is 1. The van der Waals surface area contributed by atoms with Crippen molar-refractivity contribution in [3.05, 3.63) is 24.5 Å². The van der Waals surface area contributed by atoms with Gasteiger partial charge in [0, 0.05) is 18.9 Å². The number of rotatable bonds is 3. The first kappa shape index (κ1) is 8.30. The summed E-state index contributed by atoms with van der Waals surface area (Å²) < 4.78 is 1.91. The fourth-order valence-corrected chi connectivity index (χ4v) is 0.933. The third-order valence-electron chi connectivity index (χ3n) is 1.63. The molecule has 0 spiro atoms. The first-order valence-corrected chi connectivity index (χ1v) is 3.67. The maximum absolute atomic E-state index is 9.55. The molecule has 0 radical (unpaired) electrons. The number of nitrogens with zero attached hydrogens (tertiary/aromatic N) is 1. The van der Waals surface area contributed by atoms with Crippen molar-refractivity contribution in [2.24, 2.45) is 5.73 Å². The lowest BCUT2D eigenvalue weighted by molar-refractivity contribution is 0.0509. The molecule has 11 heavy (non-hydrogen) atoms. The quantitative estimate of drug-likeness (QED) is 0.653. The lowest BCUT2D eigenvalue weighted by atomic mass is 10.1. The zero-order valence-electron chi connectivity index (χ0n) is 6.70. The number of hydrogen-bond donors (Lipinski definition) is 2. The van der Waals surface area contributed by atoms with Crippen molar-refractivity contribution in [2.75, 3.05) is 6.54 Å². The van der Waals surface area contributed by atoms with Crippen LogP contribution in [0.15, 0.2) is 24.5 Å². The second-order valence-electron chi connectivity index (χ2n) is 3.06. The van der Waals surface area contributed by atoms with Crippen LogP contribution in [-0.2, 0) is 6.54 Å². The van der Waals surface area contributed by atoms with Gasteiger partial charge < -0.3 is 15.4 Å². The monoisotopic (exact) mass is 154 g/mol. The molecule has 1 unspecified atom stereocenters. The van der Waals surface area contributed by atoms with E-state index in [1.165, 1.54) is 0 Å². The summed E-state index contributed by atoms with van der Waals surface area (Å²) in [6, 6.07) is 3.85. The van der Waals surface area contributed by atoms with Crippen LogP contribution < -0.4 is 5.73 Å². The molecule has 1 aromatic heterocycles. The van der Waals surface area contributed by atoms with Gasteiger partial charge in [-0.15, -0.1) is 0 Å². The van der Waals surface area contributed by atoms with Gasteiger partial charge in [0.25, 0.3) is 0 Å². The van der Waals surface area contributed by atoms with Gasteiger partial charge in [-0.2, -0.15) is 0 Å². The molecule has 0 saturated carbocycles. The highest BCUT2D eigenvalue weighted by Crippen LogP contribution is 2.04. The summed E-state index contributed by atoms with van der Waals surface area (Å²) in [5.74, 6) is 0. The Labute approximate surface area is 66.4 Å². The maximum Gasteiger partial charge on any atom is 0.0919 e. The van der Waals surface area contributed by atoms with Crippen LogP contribution in [0.4, 0.5) is 0 Å². The molecule has 0 amide bonds. The van der Waals surface area contributed by atoms with Crippen molar-refractivity contribution in [3.63, 3.8) is 0 Å². The molecule has 3 heteroatoms. The van der Waals surface area contributed by atoms with Crippen molar-refractivity contribution in [3.8, 4) is 0 Å². The van der Waals surface area contributed by atoms with E-state index >= 15 is 0 Å². The first-order valence-electron chi connectivity index (χ1n) is 3.67. The summed E-state index contributed by atoms with van der Waals surface area (Å²) in [5, 5.41) is 9.55. The van der Waals surface area contributed by atoms with Crippen LogP contribution in [0.1, 0.15) is 6.92 Å². The van der Waals surface area contributed by atoms with Crippen LogP contribution in [0.25, 0.3) is 0 Å². The van der Waals surface area contributed by atoms with Crippen LogP contribution in [0, 0.1) is 0 Å². The Morgan fingerprint density at radius 3 is 2.45 bits per heavy atom. The summed E-state index contributed by atoms with van der Waals surface area (Å²) in [6.07, 6.45) is 3.81.